The van der Waals surface area contributed by atoms with Gasteiger partial charge in [-0.25, -0.2) is 4.79 Å². The number of β-amino-alcohol motifs (C(OH)–C–C–N with tert-alkyl or cyclic N) is 1. The molecule has 0 aliphatic carbocycles. The maximum Gasteiger partial charge on any atom is 0.414 e. The Kier molecular flexibility index (Phi) is 8.48. The van der Waals surface area contributed by atoms with Crippen LogP contribution < -0.4 is 10.1 Å². The number of para-hydroxylation sites is 1. The van der Waals surface area contributed by atoms with E-state index in [9.17, 15) is 14.7 Å². The Morgan fingerprint density at radius 1 is 1.07 bits per heavy atom. The molecule has 2 amide bonds. The average molecular weight is 569 g/mol. The third-order valence-electron chi connectivity index (χ3n) is 9.24. The van der Waals surface area contributed by atoms with Crippen molar-refractivity contribution in [2.24, 2.45) is 0 Å². The second kappa shape index (κ2) is 12.2. The van der Waals surface area contributed by atoms with Gasteiger partial charge in [0.2, 0.25) is 0 Å². The number of rotatable bonds is 8. The van der Waals surface area contributed by atoms with E-state index in [4.69, 9.17) is 9.47 Å². The first-order valence-corrected chi connectivity index (χ1v) is 15.4. The van der Waals surface area contributed by atoms with Crippen molar-refractivity contribution < 1.29 is 24.2 Å². The van der Waals surface area contributed by atoms with Crippen molar-refractivity contribution in [3.8, 4) is 5.88 Å². The first-order chi connectivity index (χ1) is 19.9. The molecule has 4 saturated heterocycles. The highest BCUT2D eigenvalue weighted by molar-refractivity contribution is 5.87. The van der Waals surface area contributed by atoms with Crippen molar-refractivity contribution in [2.45, 2.75) is 88.7 Å². The Bertz CT molecular complexity index is 1210. The molecule has 0 radical (unpaired) electrons. The minimum Gasteiger partial charge on any atom is -0.390 e. The van der Waals surface area contributed by atoms with Crippen LogP contribution in [-0.2, 0) is 9.53 Å². The van der Waals surface area contributed by atoms with Crippen LogP contribution in [0, 0.1) is 0 Å². The van der Waals surface area contributed by atoms with Gasteiger partial charge in [-0.15, -0.1) is 5.10 Å². The second-order valence-electron chi connectivity index (χ2n) is 12.4. The molecule has 11 heteroatoms. The van der Waals surface area contributed by atoms with E-state index < -0.39 is 12.2 Å². The predicted octanol–water partition coefficient (Wildman–Crippen LogP) is 2.39. The van der Waals surface area contributed by atoms with Gasteiger partial charge >= 0.3 is 6.09 Å². The SMILES string of the molecule is CC(C)n1nc(OC(=O)N[C@@H]2C[C@H]3CC[C@@H](C2)N3CC(O)CN2CCN(C(=O)C3CCCO3)CC2)c2ccccc21. The van der Waals surface area contributed by atoms with Crippen molar-refractivity contribution in [3.05, 3.63) is 24.3 Å². The van der Waals surface area contributed by atoms with Crippen LogP contribution in [0.3, 0.4) is 0 Å². The van der Waals surface area contributed by atoms with Crippen molar-refractivity contribution in [1.29, 1.82) is 0 Å². The van der Waals surface area contributed by atoms with Gasteiger partial charge in [0.15, 0.2) is 0 Å². The number of hydrogen-bond acceptors (Lipinski definition) is 8. The van der Waals surface area contributed by atoms with Crippen LogP contribution in [0.1, 0.15) is 58.4 Å². The zero-order valence-corrected chi connectivity index (χ0v) is 24.3. The Morgan fingerprint density at radius 3 is 2.49 bits per heavy atom. The molecule has 1 aromatic heterocycles. The molecule has 0 saturated carbocycles. The van der Waals surface area contributed by atoms with Gasteiger partial charge < -0.3 is 24.8 Å². The van der Waals surface area contributed by atoms with Crippen LogP contribution in [0.4, 0.5) is 4.79 Å². The number of piperazine rings is 1. The zero-order valence-electron chi connectivity index (χ0n) is 24.3. The number of aliphatic hydroxyl groups is 1. The Morgan fingerprint density at radius 2 is 1.80 bits per heavy atom. The number of carbonyl (C=O) groups excluding carboxylic acids is 2. The summed E-state index contributed by atoms with van der Waals surface area (Å²) in [5.74, 6) is 0.464. The molecule has 4 fully saturated rings. The number of nitrogens with zero attached hydrogens (tertiary/aromatic N) is 5. The number of nitrogens with one attached hydrogen (secondary N) is 1. The molecule has 2 N–H and O–H groups in total. The first-order valence-electron chi connectivity index (χ1n) is 15.4. The summed E-state index contributed by atoms with van der Waals surface area (Å²) in [6.07, 6.45) is 4.49. The predicted molar refractivity (Wildman–Crippen MR) is 154 cm³/mol. The van der Waals surface area contributed by atoms with E-state index >= 15 is 0 Å². The lowest BCUT2D eigenvalue weighted by Crippen LogP contribution is -2.55. The minimum absolute atomic E-state index is 0.0429. The van der Waals surface area contributed by atoms with Crippen LogP contribution in [0.15, 0.2) is 24.3 Å². The van der Waals surface area contributed by atoms with Crippen LogP contribution >= 0.6 is 0 Å². The van der Waals surface area contributed by atoms with Crippen molar-refractivity contribution in [2.75, 3.05) is 45.9 Å². The maximum absolute atomic E-state index is 12.9. The number of aliphatic hydroxyl groups excluding tert-OH is 1. The number of fused-ring (bicyclic) bond motifs is 3. The molecule has 2 bridgehead atoms. The molecule has 2 aromatic rings. The smallest absolute Gasteiger partial charge is 0.390 e. The van der Waals surface area contributed by atoms with Gasteiger partial charge in [-0.2, -0.15) is 0 Å². The zero-order chi connectivity index (χ0) is 28.5. The molecular formula is C30H44N6O5. The fraction of sp³-hybridized carbons (Fsp3) is 0.700. The van der Waals surface area contributed by atoms with Crippen LogP contribution in [0.2, 0.25) is 0 Å². The number of amides is 2. The molecule has 4 aliphatic heterocycles. The lowest BCUT2D eigenvalue weighted by atomic mass is 9.97. The summed E-state index contributed by atoms with van der Waals surface area (Å²) in [6, 6.07) is 8.69. The Labute approximate surface area is 241 Å². The minimum atomic E-state index is -0.459. The summed E-state index contributed by atoms with van der Waals surface area (Å²) >= 11 is 0. The summed E-state index contributed by atoms with van der Waals surface area (Å²) in [4.78, 5) is 32.1. The third kappa shape index (κ3) is 6.23. The highest BCUT2D eigenvalue weighted by Gasteiger charge is 2.42. The molecule has 224 valence electrons. The van der Waals surface area contributed by atoms with E-state index in [1.54, 1.807) is 0 Å². The number of aromatic nitrogens is 2. The van der Waals surface area contributed by atoms with E-state index in [-0.39, 0.29) is 24.1 Å². The second-order valence-corrected chi connectivity index (χ2v) is 12.4. The number of piperidine rings is 1. The molecule has 11 nitrogen and oxygen atoms in total. The van der Waals surface area contributed by atoms with E-state index in [1.165, 1.54) is 0 Å². The van der Waals surface area contributed by atoms with Crippen molar-refractivity contribution in [3.63, 3.8) is 0 Å². The topological polar surface area (TPSA) is 112 Å². The van der Waals surface area contributed by atoms with E-state index in [0.717, 1.165) is 62.5 Å². The van der Waals surface area contributed by atoms with Crippen molar-refractivity contribution >= 4 is 22.9 Å². The summed E-state index contributed by atoms with van der Waals surface area (Å²) < 4.78 is 13.2. The number of ether oxygens (including phenoxy) is 2. The highest BCUT2D eigenvalue weighted by atomic mass is 16.6. The summed E-state index contributed by atoms with van der Waals surface area (Å²) in [5.41, 5.74) is 0.948. The number of benzene rings is 1. The maximum atomic E-state index is 12.9. The molecule has 41 heavy (non-hydrogen) atoms. The third-order valence-corrected chi connectivity index (χ3v) is 9.24. The van der Waals surface area contributed by atoms with Gasteiger partial charge in [0.25, 0.3) is 11.8 Å². The van der Waals surface area contributed by atoms with Gasteiger partial charge in [-0.05, 0) is 64.5 Å². The lowest BCUT2D eigenvalue weighted by Gasteiger charge is -2.41. The van der Waals surface area contributed by atoms with Gasteiger partial charge in [-0.3, -0.25) is 19.3 Å². The van der Waals surface area contributed by atoms with E-state index in [1.807, 2.05) is 33.8 Å². The van der Waals surface area contributed by atoms with Crippen LogP contribution in [-0.4, -0.2) is 118 Å². The Balaban J connectivity index is 0.962. The monoisotopic (exact) mass is 568 g/mol. The fourth-order valence-electron chi connectivity index (χ4n) is 7.23. The molecule has 5 atom stereocenters. The summed E-state index contributed by atoms with van der Waals surface area (Å²) in [7, 11) is 0. The lowest BCUT2D eigenvalue weighted by molar-refractivity contribution is -0.142. The molecule has 6 rings (SSSR count). The van der Waals surface area contributed by atoms with Gasteiger partial charge in [0, 0.05) is 70.0 Å². The number of carbonyl (C=O) groups is 2. The largest absolute Gasteiger partial charge is 0.414 e. The molecular weight excluding hydrogens is 524 g/mol. The van der Waals surface area contributed by atoms with E-state index in [0.29, 0.717) is 50.7 Å². The van der Waals surface area contributed by atoms with E-state index in [2.05, 4.69) is 34.1 Å². The van der Waals surface area contributed by atoms with Gasteiger partial charge in [0.05, 0.1) is 17.0 Å². The quantitative estimate of drug-likeness (QED) is 0.499. The molecule has 0 spiro atoms. The fourth-order valence-corrected chi connectivity index (χ4v) is 7.23. The summed E-state index contributed by atoms with van der Waals surface area (Å²) in [6.45, 7) is 8.99. The first kappa shape index (κ1) is 28.4. The Hall–Kier alpha value is -2.73. The van der Waals surface area contributed by atoms with Crippen molar-refractivity contribution in [1.82, 2.24) is 29.8 Å². The number of hydrogen-bond donors (Lipinski definition) is 2. The molecule has 1 aromatic carbocycles. The standard InChI is InChI=1S/C30H44N6O5/c1-20(2)36-26-7-4-3-6-25(26)28(32-36)41-30(39)31-21-16-22-9-10-23(17-21)35(22)19-24(37)18-33-11-13-34(14-12-33)29(38)27-8-5-15-40-27/h3-4,6-7,20-24,27,37H,5,8-19H2,1-2H3,(H,31,39)/t21-,22-,23+,24?,27?. The molecule has 2 unspecified atom stereocenters. The normalized spacial score (nSPS) is 28.0. The highest BCUT2D eigenvalue weighted by Crippen LogP contribution is 2.36. The summed E-state index contributed by atoms with van der Waals surface area (Å²) in [5, 5.41) is 19.5. The van der Waals surface area contributed by atoms with Gasteiger partial charge in [0.1, 0.15) is 6.10 Å². The molecule has 5 heterocycles. The van der Waals surface area contributed by atoms with Crippen LogP contribution in [0.25, 0.3) is 10.9 Å². The van der Waals surface area contributed by atoms with Crippen LogP contribution in [0.5, 0.6) is 5.88 Å². The molecule has 4 aliphatic rings. The van der Waals surface area contributed by atoms with Gasteiger partial charge in [-0.1, -0.05) is 12.1 Å². The average Bonchev–Trinajstić information content (AvgIpc) is 3.67.